The van der Waals surface area contributed by atoms with Gasteiger partial charge in [-0.25, -0.2) is 9.66 Å². The number of hydrogen-bond donors (Lipinski definition) is 0. The van der Waals surface area contributed by atoms with Crippen molar-refractivity contribution >= 4 is 32.5 Å². The molecule has 2 aromatic carbocycles. The van der Waals surface area contributed by atoms with E-state index in [1.807, 2.05) is 47.8 Å². The molecule has 9 heteroatoms. The van der Waals surface area contributed by atoms with Crippen molar-refractivity contribution in [2.24, 2.45) is 0 Å². The maximum absolute atomic E-state index is 14.0. The monoisotopic (exact) mass is 487 g/mol. The summed E-state index contributed by atoms with van der Waals surface area (Å²) in [7, 11) is 0. The molecular weight excluding hydrogens is 462 g/mol. The summed E-state index contributed by atoms with van der Waals surface area (Å²) in [6.07, 6.45) is 0. The molecule has 0 amide bonds. The van der Waals surface area contributed by atoms with Crippen LogP contribution in [0.3, 0.4) is 0 Å². The molecule has 5 aromatic rings. The van der Waals surface area contributed by atoms with Crippen LogP contribution in [0.1, 0.15) is 16.8 Å². The van der Waals surface area contributed by atoms with Crippen molar-refractivity contribution in [3.63, 3.8) is 0 Å². The largest absolute Gasteiger partial charge is 0.378 e. The highest BCUT2D eigenvalue weighted by Gasteiger charge is 2.24. The van der Waals surface area contributed by atoms with Crippen molar-refractivity contribution < 1.29 is 4.74 Å². The smallest absolute Gasteiger partial charge is 0.283 e. The number of ether oxygens (including phenoxy) is 1. The molecule has 3 aromatic heterocycles. The number of morpholine rings is 1. The van der Waals surface area contributed by atoms with Gasteiger partial charge in [-0.05, 0) is 31.5 Å². The molecule has 1 saturated heterocycles. The van der Waals surface area contributed by atoms with E-state index < -0.39 is 0 Å². The van der Waals surface area contributed by atoms with Gasteiger partial charge in [0.25, 0.3) is 11.1 Å². The van der Waals surface area contributed by atoms with Crippen LogP contribution in [0.4, 0.5) is 0 Å². The molecule has 0 N–H and O–H groups in total. The van der Waals surface area contributed by atoms with E-state index in [4.69, 9.17) is 9.72 Å². The lowest BCUT2D eigenvalue weighted by molar-refractivity contribution is 0.110. The van der Waals surface area contributed by atoms with E-state index in [1.165, 1.54) is 16.9 Å². The zero-order chi connectivity index (χ0) is 24.1. The van der Waals surface area contributed by atoms with E-state index in [0.29, 0.717) is 54.6 Å². The van der Waals surface area contributed by atoms with Crippen molar-refractivity contribution in [3.8, 4) is 5.13 Å². The number of rotatable bonds is 4. The van der Waals surface area contributed by atoms with Gasteiger partial charge in [0.15, 0.2) is 0 Å². The number of aryl methyl sites for hydroxylation is 2. The fourth-order valence-corrected chi connectivity index (χ4v) is 5.74. The van der Waals surface area contributed by atoms with Crippen LogP contribution in [0.15, 0.2) is 64.2 Å². The minimum absolute atomic E-state index is 0.156. The van der Waals surface area contributed by atoms with Crippen molar-refractivity contribution in [1.29, 1.82) is 0 Å². The minimum Gasteiger partial charge on any atom is -0.378 e. The number of para-hydroxylation sites is 1. The van der Waals surface area contributed by atoms with Gasteiger partial charge in [-0.15, -0.1) is 0 Å². The van der Waals surface area contributed by atoms with E-state index in [-0.39, 0.29) is 11.1 Å². The van der Waals surface area contributed by atoms with Crippen LogP contribution in [0.25, 0.3) is 26.3 Å². The number of fused-ring (bicyclic) bond motifs is 2. The van der Waals surface area contributed by atoms with Gasteiger partial charge in [0, 0.05) is 6.07 Å². The molecule has 0 aliphatic carbocycles. The summed E-state index contributed by atoms with van der Waals surface area (Å²) < 4.78 is 11.6. The molecule has 0 unspecified atom stereocenters. The molecule has 178 valence electrons. The molecule has 0 saturated carbocycles. The minimum atomic E-state index is -0.175. The standard InChI is InChI=1S/C26H25N5O3S/c1-17-7-9-19(10-8-17)16-29-21-15-23(32)30(28-11-13-34-14-12-28)18(2)24(21)25(33)31(29)26-27-20-5-3-4-6-22(20)35-26/h3-10,15H,11-14,16H2,1-2H3. The molecular formula is C26H25N5O3S. The van der Waals surface area contributed by atoms with E-state index in [2.05, 4.69) is 24.3 Å². The second-order valence-corrected chi connectivity index (χ2v) is 9.84. The fraction of sp³-hybridized carbons (Fsp3) is 0.269. The predicted octanol–water partition coefficient (Wildman–Crippen LogP) is 3.20. The normalized spacial score (nSPS) is 14.3. The van der Waals surface area contributed by atoms with Crippen LogP contribution < -0.4 is 16.1 Å². The summed E-state index contributed by atoms with van der Waals surface area (Å²) in [4.78, 5) is 32.1. The highest BCUT2D eigenvalue weighted by atomic mass is 32.1. The average Bonchev–Trinajstić information content (AvgIpc) is 3.39. The quantitative estimate of drug-likeness (QED) is 0.389. The predicted molar refractivity (Wildman–Crippen MR) is 139 cm³/mol. The molecule has 35 heavy (non-hydrogen) atoms. The van der Waals surface area contributed by atoms with Crippen molar-refractivity contribution in [2.45, 2.75) is 20.4 Å². The third-order valence-corrected chi connectivity index (χ3v) is 7.53. The molecule has 0 radical (unpaired) electrons. The van der Waals surface area contributed by atoms with Crippen LogP contribution in [-0.4, -0.2) is 45.3 Å². The third-order valence-electron chi connectivity index (χ3n) is 6.52. The molecule has 4 heterocycles. The van der Waals surface area contributed by atoms with Gasteiger partial charge >= 0.3 is 0 Å². The van der Waals surface area contributed by atoms with E-state index in [1.54, 1.807) is 15.4 Å². The number of aromatic nitrogens is 4. The first-order valence-corrected chi connectivity index (χ1v) is 12.5. The average molecular weight is 488 g/mol. The second-order valence-electron chi connectivity index (χ2n) is 8.83. The topological polar surface area (TPSA) is 74.3 Å². The number of hydrogen-bond acceptors (Lipinski definition) is 6. The summed E-state index contributed by atoms with van der Waals surface area (Å²) in [5.41, 5.74) is 3.97. The van der Waals surface area contributed by atoms with Crippen LogP contribution in [0.5, 0.6) is 0 Å². The fourth-order valence-electron chi connectivity index (χ4n) is 4.77. The number of nitrogens with zero attached hydrogens (tertiary/aromatic N) is 5. The first-order valence-electron chi connectivity index (χ1n) is 11.6. The van der Waals surface area contributed by atoms with E-state index in [9.17, 15) is 9.59 Å². The Morgan fingerprint density at radius 2 is 1.74 bits per heavy atom. The van der Waals surface area contributed by atoms with Crippen LogP contribution in [0, 0.1) is 13.8 Å². The number of thiazole rings is 1. The Balaban J connectivity index is 1.62. The second kappa shape index (κ2) is 8.51. The molecule has 0 spiro atoms. The van der Waals surface area contributed by atoms with Gasteiger partial charge in [-0.2, -0.15) is 4.68 Å². The Morgan fingerprint density at radius 1 is 1.00 bits per heavy atom. The first kappa shape index (κ1) is 21.8. The van der Waals surface area contributed by atoms with Gasteiger partial charge in [0.1, 0.15) is 0 Å². The molecule has 1 fully saturated rings. The first-order chi connectivity index (χ1) is 17.0. The van der Waals surface area contributed by atoms with Crippen molar-refractivity contribution in [3.05, 3.63) is 92.1 Å². The van der Waals surface area contributed by atoms with Crippen molar-refractivity contribution in [2.75, 3.05) is 31.3 Å². The Bertz CT molecular complexity index is 1640. The number of benzene rings is 2. The van der Waals surface area contributed by atoms with Crippen molar-refractivity contribution in [1.82, 2.24) is 19.0 Å². The van der Waals surface area contributed by atoms with Gasteiger partial charge in [0.05, 0.1) is 59.7 Å². The van der Waals surface area contributed by atoms with Gasteiger partial charge in [0.2, 0.25) is 5.13 Å². The van der Waals surface area contributed by atoms with Gasteiger partial charge in [-0.3, -0.25) is 14.3 Å². The third kappa shape index (κ3) is 3.67. The molecule has 6 rings (SSSR count). The lowest BCUT2D eigenvalue weighted by Gasteiger charge is -2.31. The maximum Gasteiger partial charge on any atom is 0.283 e. The highest BCUT2D eigenvalue weighted by Crippen LogP contribution is 2.26. The lowest BCUT2D eigenvalue weighted by Crippen LogP contribution is -2.49. The molecule has 8 nitrogen and oxygen atoms in total. The van der Waals surface area contributed by atoms with E-state index >= 15 is 0 Å². The van der Waals surface area contributed by atoms with Gasteiger partial charge in [-0.1, -0.05) is 53.3 Å². The number of pyridine rings is 1. The zero-order valence-electron chi connectivity index (χ0n) is 19.6. The summed E-state index contributed by atoms with van der Waals surface area (Å²) in [6.45, 7) is 6.63. The van der Waals surface area contributed by atoms with Gasteiger partial charge < -0.3 is 9.75 Å². The highest BCUT2D eigenvalue weighted by molar-refractivity contribution is 7.20. The maximum atomic E-state index is 14.0. The summed E-state index contributed by atoms with van der Waals surface area (Å²) in [5, 5.41) is 3.08. The Labute approximate surface area is 205 Å². The Morgan fingerprint density at radius 3 is 2.49 bits per heavy atom. The summed E-state index contributed by atoms with van der Waals surface area (Å²) in [6, 6.07) is 17.6. The molecule has 0 atom stereocenters. The summed E-state index contributed by atoms with van der Waals surface area (Å²) >= 11 is 1.47. The molecule has 0 bridgehead atoms. The SMILES string of the molecule is Cc1ccc(Cn2c3cc(=O)n(N4CCOCC4)c(C)c3c(=O)n2-c2nc3ccccc3s2)cc1. The molecule has 1 aliphatic rings. The Kier molecular flexibility index (Phi) is 5.31. The van der Waals surface area contributed by atoms with Crippen LogP contribution >= 0.6 is 11.3 Å². The molecule has 1 aliphatic heterocycles. The Hall–Kier alpha value is -3.69. The summed E-state index contributed by atoms with van der Waals surface area (Å²) in [5.74, 6) is 0. The van der Waals surface area contributed by atoms with Crippen LogP contribution in [0.2, 0.25) is 0 Å². The zero-order valence-corrected chi connectivity index (χ0v) is 20.4. The lowest BCUT2D eigenvalue weighted by atomic mass is 10.1. The van der Waals surface area contributed by atoms with E-state index in [0.717, 1.165) is 15.8 Å². The van der Waals surface area contributed by atoms with Crippen LogP contribution in [-0.2, 0) is 11.3 Å².